The first-order valence-corrected chi connectivity index (χ1v) is 9.46. The van der Waals surface area contributed by atoms with E-state index in [1.165, 1.54) is 32.1 Å². The predicted octanol–water partition coefficient (Wildman–Crippen LogP) is 1.60. The molecule has 1 saturated carbocycles. The molecule has 0 radical (unpaired) electrons. The van der Waals surface area contributed by atoms with Crippen molar-refractivity contribution in [2.75, 3.05) is 32.0 Å². The second kappa shape index (κ2) is 9.79. The molecular weight excluding hydrogens is 370 g/mol. The molecular formula is C18H27BrN3O2+. The Morgan fingerprint density at radius 1 is 1.12 bits per heavy atom. The van der Waals surface area contributed by atoms with E-state index in [0.717, 1.165) is 21.6 Å². The van der Waals surface area contributed by atoms with Crippen molar-refractivity contribution in [1.29, 1.82) is 0 Å². The van der Waals surface area contributed by atoms with E-state index < -0.39 is 0 Å². The molecule has 0 aliphatic heterocycles. The highest BCUT2D eigenvalue weighted by Gasteiger charge is 2.17. The highest BCUT2D eigenvalue weighted by atomic mass is 79.9. The zero-order valence-corrected chi connectivity index (χ0v) is 15.8. The van der Waals surface area contributed by atoms with Crippen LogP contribution in [0.15, 0.2) is 28.7 Å². The van der Waals surface area contributed by atoms with Crippen molar-refractivity contribution < 1.29 is 14.5 Å². The molecule has 24 heavy (non-hydrogen) atoms. The van der Waals surface area contributed by atoms with Gasteiger partial charge < -0.3 is 15.5 Å². The van der Waals surface area contributed by atoms with Crippen LogP contribution in [0, 0.1) is 5.92 Å². The van der Waals surface area contributed by atoms with Gasteiger partial charge >= 0.3 is 0 Å². The third-order valence-electron chi connectivity index (χ3n) is 4.39. The monoisotopic (exact) mass is 396 g/mol. The topological polar surface area (TPSA) is 62.6 Å². The predicted molar refractivity (Wildman–Crippen MR) is 99.0 cm³/mol. The summed E-state index contributed by atoms with van der Waals surface area (Å²) in [7, 11) is 1.86. The lowest BCUT2D eigenvalue weighted by Crippen LogP contribution is -3.11. The Hall–Kier alpha value is -1.40. The van der Waals surface area contributed by atoms with Gasteiger partial charge in [0.2, 0.25) is 0 Å². The van der Waals surface area contributed by atoms with E-state index in [9.17, 15) is 9.59 Å². The minimum atomic E-state index is -0.0977. The lowest BCUT2D eigenvalue weighted by Gasteiger charge is -2.22. The molecule has 3 N–H and O–H groups in total. The minimum absolute atomic E-state index is 0.0202. The number of likely N-dealkylation sites (N-methyl/N-ethyl adjacent to an activating group) is 1. The number of halogens is 1. The standard InChI is InChI=1S/C18H26BrN3O2/c1-22(12-17(23)20-11-14-7-3-2-4-8-14)13-18(24)21-16-10-6-5-9-15(16)19/h5-6,9-10,14H,2-4,7-8,11-13H2,1H3,(H,20,23)(H,21,24)/p+1. The normalized spacial score (nSPS) is 16.4. The van der Waals surface area contributed by atoms with Crippen molar-refractivity contribution >= 4 is 33.4 Å². The number of hydrogen-bond donors (Lipinski definition) is 3. The van der Waals surface area contributed by atoms with Gasteiger partial charge in [0.15, 0.2) is 13.1 Å². The van der Waals surface area contributed by atoms with Crippen LogP contribution in [0.3, 0.4) is 0 Å². The first kappa shape index (κ1) is 18.9. The molecule has 5 nitrogen and oxygen atoms in total. The second-order valence-corrected chi connectivity index (χ2v) is 7.50. The molecule has 1 fully saturated rings. The van der Waals surface area contributed by atoms with Crippen LogP contribution >= 0.6 is 15.9 Å². The van der Waals surface area contributed by atoms with E-state index in [2.05, 4.69) is 26.6 Å². The van der Waals surface area contributed by atoms with Crippen molar-refractivity contribution in [3.63, 3.8) is 0 Å². The third kappa shape index (κ3) is 6.61. The molecule has 0 heterocycles. The molecule has 1 atom stereocenters. The molecule has 1 aliphatic carbocycles. The van der Waals surface area contributed by atoms with Gasteiger partial charge in [-0.15, -0.1) is 0 Å². The quantitative estimate of drug-likeness (QED) is 0.655. The van der Waals surface area contributed by atoms with E-state index in [1.54, 1.807) is 0 Å². The molecule has 0 aromatic heterocycles. The summed E-state index contributed by atoms with van der Waals surface area (Å²) >= 11 is 3.40. The molecule has 2 amide bonds. The van der Waals surface area contributed by atoms with E-state index >= 15 is 0 Å². The van der Waals surface area contributed by atoms with Crippen LogP contribution in [0.4, 0.5) is 5.69 Å². The summed E-state index contributed by atoms with van der Waals surface area (Å²) in [5.74, 6) is 0.549. The maximum atomic E-state index is 12.1. The van der Waals surface area contributed by atoms with Crippen molar-refractivity contribution in [2.45, 2.75) is 32.1 Å². The summed E-state index contributed by atoms with van der Waals surface area (Å²) in [6.07, 6.45) is 6.32. The Bertz CT molecular complexity index is 559. The van der Waals surface area contributed by atoms with Crippen LogP contribution in [0.1, 0.15) is 32.1 Å². The third-order valence-corrected chi connectivity index (χ3v) is 5.08. The van der Waals surface area contributed by atoms with Crippen molar-refractivity contribution in [2.24, 2.45) is 5.92 Å². The Morgan fingerprint density at radius 3 is 2.50 bits per heavy atom. The summed E-state index contributed by atoms with van der Waals surface area (Å²) in [5.41, 5.74) is 0.747. The molecule has 1 unspecified atom stereocenters. The zero-order chi connectivity index (χ0) is 17.4. The summed E-state index contributed by atoms with van der Waals surface area (Å²) in [5, 5.41) is 5.88. The molecule has 0 spiro atoms. The number of rotatable bonds is 7. The average molecular weight is 397 g/mol. The molecule has 6 heteroatoms. The van der Waals surface area contributed by atoms with Crippen molar-refractivity contribution in [3.8, 4) is 0 Å². The Labute approximate surface area is 152 Å². The van der Waals surface area contributed by atoms with Crippen molar-refractivity contribution in [1.82, 2.24) is 5.32 Å². The highest BCUT2D eigenvalue weighted by Crippen LogP contribution is 2.22. The minimum Gasteiger partial charge on any atom is -0.351 e. The number of carbonyl (C=O) groups excluding carboxylic acids is 2. The summed E-state index contributed by atoms with van der Waals surface area (Å²) in [6.45, 7) is 1.35. The Kier molecular flexibility index (Phi) is 7.72. The van der Waals surface area contributed by atoms with Gasteiger partial charge in [-0.3, -0.25) is 9.59 Å². The fourth-order valence-electron chi connectivity index (χ4n) is 3.08. The zero-order valence-electron chi connectivity index (χ0n) is 14.2. The van der Waals surface area contributed by atoms with Gasteiger partial charge in [-0.1, -0.05) is 31.4 Å². The molecule has 0 bridgehead atoms. The number of para-hydroxylation sites is 1. The number of benzene rings is 1. The maximum Gasteiger partial charge on any atom is 0.279 e. The van der Waals surface area contributed by atoms with Crippen LogP contribution in [-0.2, 0) is 9.59 Å². The van der Waals surface area contributed by atoms with Crippen LogP contribution in [0.2, 0.25) is 0 Å². The number of nitrogens with one attached hydrogen (secondary N) is 3. The summed E-state index contributed by atoms with van der Waals surface area (Å²) in [6, 6.07) is 7.49. The van der Waals surface area contributed by atoms with Gasteiger partial charge in [0.05, 0.1) is 12.7 Å². The van der Waals surface area contributed by atoms with Gasteiger partial charge in [0, 0.05) is 11.0 Å². The fraction of sp³-hybridized carbons (Fsp3) is 0.556. The fourth-order valence-corrected chi connectivity index (χ4v) is 3.46. The SMILES string of the molecule is C[NH+](CC(=O)NCC1CCCCC1)CC(=O)Nc1ccccc1Br. The lowest BCUT2D eigenvalue weighted by molar-refractivity contribution is -0.862. The maximum absolute atomic E-state index is 12.1. The number of carbonyl (C=O) groups is 2. The molecule has 1 aromatic carbocycles. The van der Waals surface area contributed by atoms with E-state index in [0.29, 0.717) is 12.5 Å². The molecule has 132 valence electrons. The Morgan fingerprint density at radius 2 is 1.79 bits per heavy atom. The highest BCUT2D eigenvalue weighted by molar-refractivity contribution is 9.10. The largest absolute Gasteiger partial charge is 0.351 e. The smallest absolute Gasteiger partial charge is 0.279 e. The molecule has 1 aromatic rings. The average Bonchev–Trinajstić information content (AvgIpc) is 2.56. The van der Waals surface area contributed by atoms with Crippen molar-refractivity contribution in [3.05, 3.63) is 28.7 Å². The van der Waals surface area contributed by atoms with E-state index in [-0.39, 0.29) is 18.4 Å². The molecule has 2 rings (SSSR count). The van der Waals surface area contributed by atoms with Gasteiger partial charge in [0.1, 0.15) is 0 Å². The van der Waals surface area contributed by atoms with Crippen LogP contribution in [0.5, 0.6) is 0 Å². The van der Waals surface area contributed by atoms with Gasteiger partial charge in [-0.2, -0.15) is 0 Å². The molecule has 1 aliphatic rings. The summed E-state index contributed by atoms with van der Waals surface area (Å²) in [4.78, 5) is 25.0. The van der Waals surface area contributed by atoms with E-state index in [1.807, 2.05) is 31.3 Å². The summed E-state index contributed by atoms with van der Waals surface area (Å²) < 4.78 is 0.848. The van der Waals surface area contributed by atoms with Crippen LogP contribution in [-0.4, -0.2) is 38.5 Å². The lowest BCUT2D eigenvalue weighted by atomic mass is 9.89. The molecule has 0 saturated heterocycles. The van der Waals surface area contributed by atoms with Crippen LogP contribution < -0.4 is 15.5 Å². The first-order chi connectivity index (χ1) is 11.5. The number of hydrogen-bond acceptors (Lipinski definition) is 2. The first-order valence-electron chi connectivity index (χ1n) is 8.67. The Balaban J connectivity index is 1.67. The van der Waals surface area contributed by atoms with E-state index in [4.69, 9.17) is 0 Å². The number of quaternary nitrogens is 1. The van der Waals surface area contributed by atoms with Gasteiger partial charge in [-0.25, -0.2) is 0 Å². The van der Waals surface area contributed by atoms with Gasteiger partial charge in [0.25, 0.3) is 11.8 Å². The number of anilines is 1. The number of amides is 2. The second-order valence-electron chi connectivity index (χ2n) is 6.65. The van der Waals surface area contributed by atoms with Crippen LogP contribution in [0.25, 0.3) is 0 Å². The van der Waals surface area contributed by atoms with Gasteiger partial charge in [-0.05, 0) is 46.8 Å².